The molecule has 3 nitrogen and oxygen atoms in total. The summed E-state index contributed by atoms with van der Waals surface area (Å²) >= 11 is 0. The SMILES string of the molecule is CNCC1CCN(C(=O)c2cccc(F)c2F)C1. The maximum atomic E-state index is 13.5. The molecule has 18 heavy (non-hydrogen) atoms. The summed E-state index contributed by atoms with van der Waals surface area (Å²) in [6.45, 7) is 2.02. The van der Waals surface area contributed by atoms with E-state index in [-0.39, 0.29) is 5.56 Å². The fourth-order valence-corrected chi connectivity index (χ4v) is 2.31. The van der Waals surface area contributed by atoms with E-state index >= 15 is 0 Å². The van der Waals surface area contributed by atoms with E-state index in [0.29, 0.717) is 19.0 Å². The van der Waals surface area contributed by atoms with Crippen LogP contribution in [0.4, 0.5) is 8.78 Å². The molecule has 1 aromatic rings. The molecule has 1 unspecified atom stereocenters. The molecule has 0 aliphatic carbocycles. The van der Waals surface area contributed by atoms with Crippen molar-refractivity contribution in [2.45, 2.75) is 6.42 Å². The summed E-state index contributed by atoms with van der Waals surface area (Å²) in [5, 5.41) is 3.06. The van der Waals surface area contributed by atoms with Crippen LogP contribution < -0.4 is 5.32 Å². The van der Waals surface area contributed by atoms with Crippen molar-refractivity contribution in [3.63, 3.8) is 0 Å². The number of amides is 1. The van der Waals surface area contributed by atoms with E-state index in [1.807, 2.05) is 7.05 Å². The van der Waals surface area contributed by atoms with E-state index in [1.165, 1.54) is 12.1 Å². The van der Waals surface area contributed by atoms with Gasteiger partial charge in [-0.1, -0.05) is 6.07 Å². The van der Waals surface area contributed by atoms with Crippen molar-refractivity contribution < 1.29 is 13.6 Å². The molecule has 98 valence electrons. The zero-order valence-electron chi connectivity index (χ0n) is 10.2. The number of nitrogens with one attached hydrogen (secondary N) is 1. The van der Waals surface area contributed by atoms with Crippen molar-refractivity contribution in [3.05, 3.63) is 35.4 Å². The van der Waals surface area contributed by atoms with Gasteiger partial charge in [-0.2, -0.15) is 0 Å². The Hall–Kier alpha value is -1.49. The Labute approximate surface area is 105 Å². The number of hydrogen-bond acceptors (Lipinski definition) is 2. The third kappa shape index (κ3) is 2.51. The smallest absolute Gasteiger partial charge is 0.256 e. The van der Waals surface area contributed by atoms with Crippen LogP contribution in [0.3, 0.4) is 0 Å². The predicted molar refractivity (Wildman–Crippen MR) is 64.3 cm³/mol. The lowest BCUT2D eigenvalue weighted by molar-refractivity contribution is 0.0781. The van der Waals surface area contributed by atoms with Crippen LogP contribution in [-0.2, 0) is 0 Å². The molecule has 1 saturated heterocycles. The van der Waals surface area contributed by atoms with Crippen molar-refractivity contribution in [3.8, 4) is 0 Å². The molecule has 0 bridgehead atoms. The number of carbonyl (C=O) groups is 1. The van der Waals surface area contributed by atoms with E-state index in [1.54, 1.807) is 4.90 Å². The van der Waals surface area contributed by atoms with E-state index in [0.717, 1.165) is 19.0 Å². The molecule has 0 spiro atoms. The highest BCUT2D eigenvalue weighted by molar-refractivity contribution is 5.94. The molecule has 1 aliphatic heterocycles. The van der Waals surface area contributed by atoms with Gasteiger partial charge in [0, 0.05) is 13.1 Å². The van der Waals surface area contributed by atoms with Crippen LogP contribution in [-0.4, -0.2) is 37.5 Å². The van der Waals surface area contributed by atoms with Crippen LogP contribution in [0.2, 0.25) is 0 Å². The second-order valence-electron chi connectivity index (χ2n) is 4.56. The zero-order valence-corrected chi connectivity index (χ0v) is 10.2. The highest BCUT2D eigenvalue weighted by atomic mass is 19.2. The number of likely N-dealkylation sites (tertiary alicyclic amines) is 1. The minimum absolute atomic E-state index is 0.180. The summed E-state index contributed by atoms with van der Waals surface area (Å²) in [6, 6.07) is 3.69. The van der Waals surface area contributed by atoms with E-state index in [9.17, 15) is 13.6 Å². The quantitative estimate of drug-likeness (QED) is 0.889. The summed E-state index contributed by atoms with van der Waals surface area (Å²) in [7, 11) is 1.86. The molecule has 1 fully saturated rings. The average molecular weight is 254 g/mol. The van der Waals surface area contributed by atoms with Crippen molar-refractivity contribution in [2.24, 2.45) is 5.92 Å². The van der Waals surface area contributed by atoms with Crippen LogP contribution in [0, 0.1) is 17.6 Å². The summed E-state index contributed by atoms with van der Waals surface area (Å²) in [5.74, 6) is -2.08. The van der Waals surface area contributed by atoms with E-state index < -0.39 is 17.5 Å². The maximum absolute atomic E-state index is 13.5. The summed E-state index contributed by atoms with van der Waals surface area (Å²) in [4.78, 5) is 13.7. The molecule has 1 aromatic carbocycles. The second kappa shape index (κ2) is 5.44. The summed E-state index contributed by atoms with van der Waals surface area (Å²) in [5.41, 5.74) is -0.180. The molecule has 0 radical (unpaired) electrons. The Balaban J connectivity index is 2.11. The molecule has 1 atom stereocenters. The lowest BCUT2D eigenvalue weighted by Crippen LogP contribution is -2.31. The summed E-state index contributed by atoms with van der Waals surface area (Å²) in [6.07, 6.45) is 0.892. The van der Waals surface area contributed by atoms with Gasteiger partial charge in [0.05, 0.1) is 5.56 Å². The minimum atomic E-state index is -1.06. The number of halogens is 2. The highest BCUT2D eigenvalue weighted by Gasteiger charge is 2.28. The third-order valence-electron chi connectivity index (χ3n) is 3.25. The van der Waals surface area contributed by atoms with Gasteiger partial charge in [-0.15, -0.1) is 0 Å². The molecule has 1 amide bonds. The highest BCUT2D eigenvalue weighted by Crippen LogP contribution is 2.20. The average Bonchev–Trinajstić information content (AvgIpc) is 2.81. The van der Waals surface area contributed by atoms with Crippen molar-refractivity contribution >= 4 is 5.91 Å². The molecule has 1 heterocycles. The van der Waals surface area contributed by atoms with Crippen LogP contribution in [0.25, 0.3) is 0 Å². The molecule has 1 N–H and O–H groups in total. The van der Waals surface area contributed by atoms with Crippen molar-refractivity contribution in [1.29, 1.82) is 0 Å². The van der Waals surface area contributed by atoms with Gasteiger partial charge in [0.15, 0.2) is 11.6 Å². The predicted octanol–water partition coefficient (Wildman–Crippen LogP) is 1.65. The van der Waals surface area contributed by atoms with E-state index in [2.05, 4.69) is 5.32 Å². The van der Waals surface area contributed by atoms with Gasteiger partial charge in [-0.3, -0.25) is 4.79 Å². The van der Waals surface area contributed by atoms with Crippen LogP contribution in [0.15, 0.2) is 18.2 Å². The molecule has 0 aromatic heterocycles. The molecule has 0 saturated carbocycles. The van der Waals surface area contributed by atoms with Crippen LogP contribution in [0.1, 0.15) is 16.8 Å². The monoisotopic (exact) mass is 254 g/mol. The maximum Gasteiger partial charge on any atom is 0.256 e. The molecular formula is C13H16F2N2O. The first-order chi connectivity index (χ1) is 8.63. The van der Waals surface area contributed by atoms with Gasteiger partial charge in [-0.25, -0.2) is 8.78 Å². The number of rotatable bonds is 3. The summed E-state index contributed by atoms with van der Waals surface area (Å²) < 4.78 is 26.6. The largest absolute Gasteiger partial charge is 0.338 e. The first-order valence-electron chi connectivity index (χ1n) is 6.01. The topological polar surface area (TPSA) is 32.3 Å². The number of carbonyl (C=O) groups excluding carboxylic acids is 1. The van der Waals surface area contributed by atoms with Gasteiger partial charge < -0.3 is 10.2 Å². The third-order valence-corrected chi connectivity index (χ3v) is 3.25. The zero-order chi connectivity index (χ0) is 13.1. The van der Waals surface area contributed by atoms with Gasteiger partial charge in [0.1, 0.15) is 0 Å². The normalized spacial score (nSPS) is 19.3. The van der Waals surface area contributed by atoms with Crippen molar-refractivity contribution in [1.82, 2.24) is 10.2 Å². The Kier molecular flexibility index (Phi) is 3.91. The second-order valence-corrected chi connectivity index (χ2v) is 4.56. The Morgan fingerprint density at radius 2 is 2.28 bits per heavy atom. The van der Waals surface area contributed by atoms with Crippen LogP contribution >= 0.6 is 0 Å². The molecule has 1 aliphatic rings. The first kappa shape index (κ1) is 13.0. The lowest BCUT2D eigenvalue weighted by Gasteiger charge is -2.17. The minimum Gasteiger partial charge on any atom is -0.338 e. The van der Waals surface area contributed by atoms with Crippen molar-refractivity contribution in [2.75, 3.05) is 26.7 Å². The van der Waals surface area contributed by atoms with Crippen LogP contribution in [0.5, 0.6) is 0 Å². The fraction of sp³-hybridized carbons (Fsp3) is 0.462. The lowest BCUT2D eigenvalue weighted by atomic mass is 10.1. The fourth-order valence-electron chi connectivity index (χ4n) is 2.31. The molecular weight excluding hydrogens is 238 g/mol. The van der Waals surface area contributed by atoms with Gasteiger partial charge in [0.2, 0.25) is 0 Å². The van der Waals surface area contributed by atoms with Gasteiger partial charge in [-0.05, 0) is 38.1 Å². The van der Waals surface area contributed by atoms with Gasteiger partial charge >= 0.3 is 0 Å². The Bertz CT molecular complexity index is 451. The van der Waals surface area contributed by atoms with Gasteiger partial charge in [0.25, 0.3) is 5.91 Å². The molecule has 2 rings (SSSR count). The Morgan fingerprint density at radius 3 is 3.00 bits per heavy atom. The van der Waals surface area contributed by atoms with E-state index in [4.69, 9.17) is 0 Å². The number of nitrogens with zero attached hydrogens (tertiary/aromatic N) is 1. The Morgan fingerprint density at radius 1 is 1.50 bits per heavy atom. The number of benzene rings is 1. The molecule has 5 heteroatoms. The number of hydrogen-bond donors (Lipinski definition) is 1. The first-order valence-corrected chi connectivity index (χ1v) is 6.01. The standard InChI is InChI=1S/C13H16F2N2O/c1-16-7-9-5-6-17(8-9)13(18)10-3-2-4-11(14)12(10)15/h2-4,9,16H,5-8H2,1H3.